The summed E-state index contributed by atoms with van der Waals surface area (Å²) in [6, 6.07) is 1.36. The van der Waals surface area contributed by atoms with Crippen molar-refractivity contribution in [2.24, 2.45) is 0 Å². The van der Waals surface area contributed by atoms with Gasteiger partial charge in [-0.25, -0.2) is 4.98 Å². The molecule has 0 saturated heterocycles. The first-order chi connectivity index (χ1) is 8.50. The molecule has 1 heterocycles. The van der Waals surface area contributed by atoms with Crippen LogP contribution in [0.5, 0.6) is 0 Å². The second-order valence-corrected chi connectivity index (χ2v) is 3.60. The van der Waals surface area contributed by atoms with Gasteiger partial charge in [-0.1, -0.05) is 12.2 Å². The van der Waals surface area contributed by atoms with Crippen LogP contribution in [0.3, 0.4) is 0 Å². The summed E-state index contributed by atoms with van der Waals surface area (Å²) in [6.07, 6.45) is 5.15. The van der Waals surface area contributed by atoms with E-state index in [1.165, 1.54) is 13.0 Å². The lowest BCUT2D eigenvalue weighted by molar-refractivity contribution is -0.385. The first-order valence-corrected chi connectivity index (χ1v) is 5.31. The standard InChI is InChI=1S/C11H14N4O3/c1-8(16)13-5-3-2-4-9-6-10(15(17)18)7-14-11(9)12/h2,4,6-7H,3,5H2,1H3,(H2,12,14)(H,13,16). The number of nitrogens with one attached hydrogen (secondary N) is 1. The minimum Gasteiger partial charge on any atom is -0.383 e. The van der Waals surface area contributed by atoms with Gasteiger partial charge in [-0.15, -0.1) is 0 Å². The molecular weight excluding hydrogens is 236 g/mol. The van der Waals surface area contributed by atoms with Crippen molar-refractivity contribution in [2.45, 2.75) is 13.3 Å². The topological polar surface area (TPSA) is 111 Å². The van der Waals surface area contributed by atoms with E-state index in [1.54, 1.807) is 12.2 Å². The Morgan fingerprint density at radius 3 is 3.00 bits per heavy atom. The van der Waals surface area contributed by atoms with Crippen LogP contribution in [0.15, 0.2) is 18.3 Å². The largest absolute Gasteiger partial charge is 0.383 e. The number of aromatic nitrogens is 1. The van der Waals surface area contributed by atoms with Crippen LogP contribution in [0.4, 0.5) is 11.5 Å². The van der Waals surface area contributed by atoms with Crippen LogP contribution < -0.4 is 11.1 Å². The van der Waals surface area contributed by atoms with Crippen LogP contribution in [0.1, 0.15) is 18.9 Å². The number of carbonyl (C=O) groups is 1. The van der Waals surface area contributed by atoms with Gasteiger partial charge in [0.25, 0.3) is 5.69 Å². The SMILES string of the molecule is CC(=O)NCCC=Cc1cc([N+](=O)[O-])cnc1N. The smallest absolute Gasteiger partial charge is 0.288 e. The maximum absolute atomic E-state index is 10.6. The highest BCUT2D eigenvalue weighted by Crippen LogP contribution is 2.17. The highest BCUT2D eigenvalue weighted by atomic mass is 16.6. The highest BCUT2D eigenvalue weighted by molar-refractivity contribution is 5.72. The first kappa shape index (κ1) is 13.6. The van der Waals surface area contributed by atoms with E-state index in [9.17, 15) is 14.9 Å². The monoisotopic (exact) mass is 250 g/mol. The molecule has 1 amide bonds. The lowest BCUT2D eigenvalue weighted by atomic mass is 10.2. The van der Waals surface area contributed by atoms with Gasteiger partial charge >= 0.3 is 0 Å². The van der Waals surface area contributed by atoms with E-state index in [-0.39, 0.29) is 17.4 Å². The molecular formula is C11H14N4O3. The summed E-state index contributed by atoms with van der Waals surface area (Å²) in [5.41, 5.74) is 5.98. The van der Waals surface area contributed by atoms with E-state index in [0.29, 0.717) is 18.5 Å². The van der Waals surface area contributed by atoms with Crippen molar-refractivity contribution >= 4 is 23.5 Å². The molecule has 0 bridgehead atoms. The summed E-state index contributed by atoms with van der Waals surface area (Å²) >= 11 is 0. The average Bonchev–Trinajstić information content (AvgIpc) is 2.30. The van der Waals surface area contributed by atoms with E-state index >= 15 is 0 Å². The minimum atomic E-state index is -0.527. The van der Waals surface area contributed by atoms with Crippen LogP contribution in [-0.4, -0.2) is 22.4 Å². The quantitative estimate of drug-likeness (QED) is 0.462. The van der Waals surface area contributed by atoms with Gasteiger partial charge in [0, 0.05) is 25.1 Å². The summed E-state index contributed by atoms with van der Waals surface area (Å²) < 4.78 is 0. The molecule has 0 saturated carbocycles. The fourth-order valence-electron chi connectivity index (χ4n) is 1.26. The number of nitrogen functional groups attached to an aromatic ring is 1. The second-order valence-electron chi connectivity index (χ2n) is 3.60. The lowest BCUT2D eigenvalue weighted by Crippen LogP contribution is -2.20. The fraction of sp³-hybridized carbons (Fsp3) is 0.273. The molecule has 1 aromatic heterocycles. The Balaban J connectivity index is 2.65. The first-order valence-electron chi connectivity index (χ1n) is 5.31. The Hall–Kier alpha value is -2.44. The van der Waals surface area contributed by atoms with Crippen LogP contribution in [0, 0.1) is 10.1 Å². The zero-order valence-corrected chi connectivity index (χ0v) is 9.92. The van der Waals surface area contributed by atoms with Gasteiger partial charge < -0.3 is 11.1 Å². The molecule has 0 unspecified atom stereocenters. The zero-order chi connectivity index (χ0) is 13.5. The molecule has 1 aromatic rings. The molecule has 0 aromatic carbocycles. The molecule has 7 heteroatoms. The van der Waals surface area contributed by atoms with Gasteiger partial charge in [0.1, 0.15) is 12.0 Å². The number of hydrogen-bond acceptors (Lipinski definition) is 5. The predicted molar refractivity (Wildman–Crippen MR) is 67.6 cm³/mol. The molecule has 96 valence electrons. The van der Waals surface area contributed by atoms with Crippen LogP contribution in [0.25, 0.3) is 6.08 Å². The van der Waals surface area contributed by atoms with E-state index < -0.39 is 4.92 Å². The van der Waals surface area contributed by atoms with Crippen molar-refractivity contribution in [1.29, 1.82) is 0 Å². The number of nitrogens with two attached hydrogens (primary N) is 1. The molecule has 0 aliphatic rings. The number of amides is 1. The minimum absolute atomic E-state index is 0.0973. The molecule has 0 aliphatic heterocycles. The molecule has 1 rings (SSSR count). The third kappa shape index (κ3) is 4.20. The maximum Gasteiger partial charge on any atom is 0.288 e. The number of rotatable bonds is 5. The fourth-order valence-corrected chi connectivity index (χ4v) is 1.26. The van der Waals surface area contributed by atoms with E-state index in [1.807, 2.05) is 0 Å². The van der Waals surface area contributed by atoms with Crippen molar-refractivity contribution in [3.63, 3.8) is 0 Å². The summed E-state index contributed by atoms with van der Waals surface area (Å²) in [5.74, 6) is 0.135. The number of pyridine rings is 1. The Kier molecular flexibility index (Phi) is 4.79. The molecule has 7 nitrogen and oxygen atoms in total. The third-order valence-electron chi connectivity index (χ3n) is 2.13. The van der Waals surface area contributed by atoms with Crippen molar-refractivity contribution in [3.05, 3.63) is 34.0 Å². The summed E-state index contributed by atoms with van der Waals surface area (Å²) in [6.45, 7) is 1.94. The Labute approximate surface area is 104 Å². The second kappa shape index (κ2) is 6.33. The van der Waals surface area contributed by atoms with Gasteiger partial charge in [0.05, 0.1) is 4.92 Å². The van der Waals surface area contributed by atoms with Crippen molar-refractivity contribution in [1.82, 2.24) is 10.3 Å². The molecule has 0 aliphatic carbocycles. The van der Waals surface area contributed by atoms with Crippen LogP contribution >= 0.6 is 0 Å². The lowest BCUT2D eigenvalue weighted by Gasteiger charge is -2.00. The molecule has 0 atom stereocenters. The summed E-state index contributed by atoms with van der Waals surface area (Å²) in [5, 5.41) is 13.2. The van der Waals surface area contributed by atoms with Crippen molar-refractivity contribution < 1.29 is 9.72 Å². The normalized spacial score (nSPS) is 10.5. The van der Waals surface area contributed by atoms with Gasteiger partial charge in [-0.2, -0.15) is 0 Å². The molecule has 0 spiro atoms. The van der Waals surface area contributed by atoms with Crippen LogP contribution in [0.2, 0.25) is 0 Å². The molecule has 0 radical (unpaired) electrons. The number of anilines is 1. The van der Waals surface area contributed by atoms with E-state index in [0.717, 1.165) is 6.20 Å². The van der Waals surface area contributed by atoms with Crippen molar-refractivity contribution in [2.75, 3.05) is 12.3 Å². The Bertz CT molecular complexity index is 485. The average molecular weight is 250 g/mol. The number of nitrogens with zero attached hydrogens (tertiary/aromatic N) is 2. The van der Waals surface area contributed by atoms with Gasteiger partial charge in [-0.3, -0.25) is 14.9 Å². The van der Waals surface area contributed by atoms with Gasteiger partial charge in [-0.05, 0) is 6.42 Å². The van der Waals surface area contributed by atoms with E-state index in [2.05, 4.69) is 10.3 Å². The Morgan fingerprint density at radius 1 is 1.67 bits per heavy atom. The molecule has 0 fully saturated rings. The number of nitro groups is 1. The van der Waals surface area contributed by atoms with E-state index in [4.69, 9.17) is 5.73 Å². The number of hydrogen-bond donors (Lipinski definition) is 2. The molecule has 18 heavy (non-hydrogen) atoms. The Morgan fingerprint density at radius 2 is 2.39 bits per heavy atom. The number of carbonyl (C=O) groups excluding carboxylic acids is 1. The predicted octanol–water partition coefficient (Wildman–Crippen LogP) is 1.11. The highest BCUT2D eigenvalue weighted by Gasteiger charge is 2.08. The van der Waals surface area contributed by atoms with Crippen molar-refractivity contribution in [3.8, 4) is 0 Å². The van der Waals surface area contributed by atoms with Crippen LogP contribution in [-0.2, 0) is 4.79 Å². The van der Waals surface area contributed by atoms with Gasteiger partial charge in [0.15, 0.2) is 0 Å². The summed E-state index contributed by atoms with van der Waals surface area (Å²) in [7, 11) is 0. The zero-order valence-electron chi connectivity index (χ0n) is 9.92. The van der Waals surface area contributed by atoms with Gasteiger partial charge in [0.2, 0.25) is 5.91 Å². The molecule has 3 N–H and O–H groups in total. The third-order valence-corrected chi connectivity index (χ3v) is 2.13. The summed E-state index contributed by atoms with van der Waals surface area (Å²) in [4.78, 5) is 24.4. The maximum atomic E-state index is 10.6.